The minimum Gasteiger partial charge on any atom is -0.477 e. The standard InChI is InChI=1S/C9H13F2NO2/c10-9(11,8(13)14)5-12-2-1-6-3-7(6)4-12/h6-7H,1-5H2,(H,13,14). The number of alkyl halides is 2. The summed E-state index contributed by atoms with van der Waals surface area (Å²) in [5, 5.41) is 8.27. The van der Waals surface area contributed by atoms with E-state index in [0.29, 0.717) is 19.0 Å². The van der Waals surface area contributed by atoms with Gasteiger partial charge in [-0.2, -0.15) is 8.78 Å². The van der Waals surface area contributed by atoms with Gasteiger partial charge in [-0.05, 0) is 31.2 Å². The third-order valence-corrected chi connectivity index (χ3v) is 3.11. The van der Waals surface area contributed by atoms with Crippen LogP contribution in [0.15, 0.2) is 0 Å². The second kappa shape index (κ2) is 3.15. The Hall–Kier alpha value is -0.710. The summed E-state index contributed by atoms with van der Waals surface area (Å²) >= 11 is 0. The second-order valence-electron chi connectivity index (χ2n) is 4.29. The molecule has 1 N–H and O–H groups in total. The molecule has 2 unspecified atom stereocenters. The summed E-state index contributed by atoms with van der Waals surface area (Å²) in [5.74, 6) is -4.34. The van der Waals surface area contributed by atoms with Crippen molar-refractivity contribution in [2.45, 2.75) is 18.8 Å². The van der Waals surface area contributed by atoms with Crippen LogP contribution in [0.2, 0.25) is 0 Å². The minimum absolute atomic E-state index is 0.549. The molecule has 5 heteroatoms. The number of fused-ring (bicyclic) bond motifs is 1. The molecule has 0 radical (unpaired) electrons. The van der Waals surface area contributed by atoms with E-state index >= 15 is 0 Å². The first-order valence-electron chi connectivity index (χ1n) is 4.82. The Morgan fingerprint density at radius 3 is 2.79 bits per heavy atom. The van der Waals surface area contributed by atoms with E-state index in [9.17, 15) is 13.6 Å². The van der Waals surface area contributed by atoms with E-state index in [0.717, 1.165) is 18.8 Å². The van der Waals surface area contributed by atoms with E-state index in [4.69, 9.17) is 5.11 Å². The highest BCUT2D eigenvalue weighted by atomic mass is 19.3. The van der Waals surface area contributed by atoms with Crippen molar-refractivity contribution in [1.29, 1.82) is 0 Å². The lowest BCUT2D eigenvalue weighted by atomic mass is 10.1. The van der Waals surface area contributed by atoms with Crippen LogP contribution in [0.25, 0.3) is 0 Å². The summed E-state index contributed by atoms with van der Waals surface area (Å²) in [6.45, 7) is 0.628. The van der Waals surface area contributed by atoms with Crippen LogP contribution in [0.3, 0.4) is 0 Å². The number of hydrogen-bond donors (Lipinski definition) is 1. The molecule has 0 aromatic heterocycles. The lowest BCUT2D eigenvalue weighted by molar-refractivity contribution is -0.167. The second-order valence-corrected chi connectivity index (χ2v) is 4.29. The molecular weight excluding hydrogens is 192 g/mol. The fourth-order valence-electron chi connectivity index (χ4n) is 2.15. The van der Waals surface area contributed by atoms with Gasteiger partial charge in [-0.25, -0.2) is 4.79 Å². The Morgan fingerprint density at radius 2 is 2.21 bits per heavy atom. The molecule has 0 bridgehead atoms. The number of carboxylic acid groups (broad SMARTS) is 1. The van der Waals surface area contributed by atoms with Crippen molar-refractivity contribution in [2.24, 2.45) is 11.8 Å². The zero-order valence-corrected chi connectivity index (χ0v) is 7.75. The molecule has 1 heterocycles. The molecule has 1 saturated heterocycles. The Bertz CT molecular complexity index is 257. The van der Waals surface area contributed by atoms with Crippen molar-refractivity contribution in [3.63, 3.8) is 0 Å². The highest BCUT2D eigenvalue weighted by molar-refractivity contribution is 5.75. The summed E-state index contributed by atoms with van der Waals surface area (Å²) in [6.07, 6.45) is 2.08. The Kier molecular flexibility index (Phi) is 2.21. The molecule has 2 atom stereocenters. The van der Waals surface area contributed by atoms with Crippen LogP contribution >= 0.6 is 0 Å². The number of carbonyl (C=O) groups is 1. The van der Waals surface area contributed by atoms with Crippen LogP contribution in [0, 0.1) is 11.8 Å². The summed E-state index contributed by atoms with van der Waals surface area (Å²) in [6, 6.07) is 0. The number of aliphatic carboxylic acids is 1. The van der Waals surface area contributed by atoms with Gasteiger partial charge in [-0.3, -0.25) is 4.90 Å². The first-order chi connectivity index (χ1) is 6.49. The van der Waals surface area contributed by atoms with E-state index in [-0.39, 0.29) is 0 Å². The number of rotatable bonds is 3. The van der Waals surface area contributed by atoms with Gasteiger partial charge in [0.1, 0.15) is 0 Å². The minimum atomic E-state index is -3.60. The number of piperidine rings is 1. The third-order valence-electron chi connectivity index (χ3n) is 3.11. The fraction of sp³-hybridized carbons (Fsp3) is 0.889. The lowest BCUT2D eigenvalue weighted by Crippen LogP contribution is -2.44. The van der Waals surface area contributed by atoms with Crippen molar-refractivity contribution < 1.29 is 18.7 Å². The molecule has 1 aliphatic heterocycles. The SMILES string of the molecule is O=C(O)C(F)(F)CN1CCC2CC2C1. The first kappa shape index (κ1) is 9.83. The van der Waals surface area contributed by atoms with Gasteiger partial charge in [-0.15, -0.1) is 0 Å². The summed E-state index contributed by atoms with van der Waals surface area (Å²) < 4.78 is 25.7. The van der Waals surface area contributed by atoms with E-state index in [1.165, 1.54) is 0 Å². The first-order valence-corrected chi connectivity index (χ1v) is 4.82. The topological polar surface area (TPSA) is 40.5 Å². The van der Waals surface area contributed by atoms with E-state index in [1.807, 2.05) is 0 Å². The third kappa shape index (κ3) is 1.87. The van der Waals surface area contributed by atoms with Crippen molar-refractivity contribution in [3.8, 4) is 0 Å². The van der Waals surface area contributed by atoms with Crippen molar-refractivity contribution in [1.82, 2.24) is 4.90 Å². The number of hydrogen-bond acceptors (Lipinski definition) is 2. The van der Waals surface area contributed by atoms with Gasteiger partial charge >= 0.3 is 11.9 Å². The molecular formula is C9H13F2NO2. The Balaban J connectivity index is 1.87. The van der Waals surface area contributed by atoms with Crippen LogP contribution in [0.1, 0.15) is 12.8 Å². The molecule has 2 fully saturated rings. The van der Waals surface area contributed by atoms with Crippen LogP contribution in [-0.4, -0.2) is 41.5 Å². The van der Waals surface area contributed by atoms with E-state index in [1.54, 1.807) is 4.90 Å². The number of nitrogens with zero attached hydrogens (tertiary/aromatic N) is 1. The van der Waals surface area contributed by atoms with Crippen LogP contribution in [0.5, 0.6) is 0 Å². The molecule has 0 amide bonds. The number of likely N-dealkylation sites (tertiary alicyclic amines) is 1. The lowest BCUT2D eigenvalue weighted by Gasteiger charge is -2.28. The van der Waals surface area contributed by atoms with E-state index in [2.05, 4.69) is 0 Å². The summed E-state index contributed by atoms with van der Waals surface area (Å²) in [7, 11) is 0. The number of halogens is 2. The van der Waals surface area contributed by atoms with Crippen LogP contribution in [-0.2, 0) is 4.79 Å². The Morgan fingerprint density at radius 1 is 1.50 bits per heavy atom. The molecule has 0 aromatic rings. The average molecular weight is 205 g/mol. The maximum atomic E-state index is 12.8. The molecule has 3 nitrogen and oxygen atoms in total. The van der Waals surface area contributed by atoms with Crippen LogP contribution in [0.4, 0.5) is 8.78 Å². The van der Waals surface area contributed by atoms with E-state index < -0.39 is 18.4 Å². The molecule has 0 spiro atoms. The van der Waals surface area contributed by atoms with Gasteiger partial charge in [0.15, 0.2) is 0 Å². The van der Waals surface area contributed by atoms with Crippen LogP contribution < -0.4 is 0 Å². The molecule has 2 aliphatic rings. The zero-order chi connectivity index (χ0) is 10.3. The predicted octanol–water partition coefficient (Wildman–Crippen LogP) is 1.05. The van der Waals surface area contributed by atoms with Gasteiger partial charge in [0.25, 0.3) is 0 Å². The Labute approximate surface area is 80.7 Å². The maximum Gasteiger partial charge on any atom is 0.375 e. The van der Waals surface area contributed by atoms with Gasteiger partial charge in [0.05, 0.1) is 6.54 Å². The summed E-state index contributed by atoms with van der Waals surface area (Å²) in [5.41, 5.74) is 0. The molecule has 80 valence electrons. The highest BCUT2D eigenvalue weighted by Crippen LogP contribution is 2.45. The van der Waals surface area contributed by atoms with Crippen molar-refractivity contribution in [3.05, 3.63) is 0 Å². The van der Waals surface area contributed by atoms with Gasteiger partial charge in [0, 0.05) is 6.54 Å². The molecule has 2 rings (SSSR count). The largest absolute Gasteiger partial charge is 0.477 e. The zero-order valence-electron chi connectivity index (χ0n) is 7.75. The molecule has 0 aromatic carbocycles. The number of carboxylic acids is 1. The van der Waals surface area contributed by atoms with Gasteiger partial charge in [0.2, 0.25) is 0 Å². The van der Waals surface area contributed by atoms with Crippen molar-refractivity contribution >= 4 is 5.97 Å². The van der Waals surface area contributed by atoms with Crippen molar-refractivity contribution in [2.75, 3.05) is 19.6 Å². The molecule has 1 saturated carbocycles. The monoisotopic (exact) mass is 205 g/mol. The molecule has 14 heavy (non-hydrogen) atoms. The van der Waals surface area contributed by atoms with Gasteiger partial charge in [-0.1, -0.05) is 0 Å². The molecule has 1 aliphatic carbocycles. The average Bonchev–Trinajstić information content (AvgIpc) is 2.81. The predicted molar refractivity (Wildman–Crippen MR) is 45.2 cm³/mol. The fourth-order valence-corrected chi connectivity index (χ4v) is 2.15. The van der Waals surface area contributed by atoms with Gasteiger partial charge < -0.3 is 5.11 Å². The highest BCUT2D eigenvalue weighted by Gasteiger charge is 2.46. The smallest absolute Gasteiger partial charge is 0.375 e. The summed E-state index contributed by atoms with van der Waals surface area (Å²) in [4.78, 5) is 11.8. The quantitative estimate of drug-likeness (QED) is 0.748. The maximum absolute atomic E-state index is 12.8. The normalized spacial score (nSPS) is 32.4.